The van der Waals surface area contributed by atoms with Gasteiger partial charge in [0.15, 0.2) is 0 Å². The van der Waals surface area contributed by atoms with Gasteiger partial charge in [0.25, 0.3) is 0 Å². The highest BCUT2D eigenvalue weighted by Crippen LogP contribution is 2.21. The normalized spacial score (nSPS) is 15.9. The van der Waals surface area contributed by atoms with Crippen molar-refractivity contribution in [3.05, 3.63) is 0 Å². The second-order valence-electron chi connectivity index (χ2n) is 4.60. The molecule has 0 aliphatic carbocycles. The topological polar surface area (TPSA) is 91.7 Å². The van der Waals surface area contributed by atoms with E-state index in [-0.39, 0.29) is 18.1 Å². The van der Waals surface area contributed by atoms with Gasteiger partial charge in [-0.25, -0.2) is 0 Å². The van der Waals surface area contributed by atoms with Gasteiger partial charge >= 0.3 is 11.9 Å². The number of carboxylic acid groups (broad SMARTS) is 2. The molecule has 0 aromatic heterocycles. The summed E-state index contributed by atoms with van der Waals surface area (Å²) in [4.78, 5) is 32.7. The molecule has 0 aliphatic heterocycles. The molecular weight excluding hydrogens is 224 g/mol. The summed E-state index contributed by atoms with van der Waals surface area (Å²) in [5.74, 6) is -3.33. The second-order valence-corrected chi connectivity index (χ2v) is 4.60. The van der Waals surface area contributed by atoms with Crippen molar-refractivity contribution in [1.29, 1.82) is 0 Å². The first-order valence-corrected chi connectivity index (χ1v) is 5.71. The third-order valence-electron chi connectivity index (χ3n) is 3.00. The molecule has 0 bridgehead atoms. The molecule has 0 aliphatic rings. The van der Waals surface area contributed by atoms with E-state index in [1.54, 1.807) is 13.8 Å². The largest absolute Gasteiger partial charge is 0.481 e. The molecule has 3 unspecified atom stereocenters. The molecule has 0 heterocycles. The Kier molecular flexibility index (Phi) is 6.46. The average molecular weight is 244 g/mol. The predicted octanol–water partition coefficient (Wildman–Crippen LogP) is 1.80. The molecule has 0 spiro atoms. The van der Waals surface area contributed by atoms with Crippen molar-refractivity contribution in [3.8, 4) is 0 Å². The van der Waals surface area contributed by atoms with E-state index in [1.807, 2.05) is 0 Å². The summed E-state index contributed by atoms with van der Waals surface area (Å²) in [6.45, 7) is 4.56. The molecule has 0 fully saturated rings. The van der Waals surface area contributed by atoms with Crippen molar-refractivity contribution >= 4 is 17.7 Å². The van der Waals surface area contributed by atoms with E-state index in [0.717, 1.165) is 0 Å². The van der Waals surface area contributed by atoms with Crippen molar-refractivity contribution in [3.63, 3.8) is 0 Å². The number of carbonyl (C=O) groups is 3. The lowest BCUT2D eigenvalue weighted by Gasteiger charge is -2.17. The fraction of sp³-hybridized carbons (Fsp3) is 0.750. The van der Waals surface area contributed by atoms with Crippen molar-refractivity contribution in [1.82, 2.24) is 0 Å². The van der Waals surface area contributed by atoms with Crippen molar-refractivity contribution < 1.29 is 24.6 Å². The van der Waals surface area contributed by atoms with Crippen LogP contribution in [0.2, 0.25) is 0 Å². The van der Waals surface area contributed by atoms with Crippen molar-refractivity contribution in [2.45, 2.75) is 40.0 Å². The summed E-state index contributed by atoms with van der Waals surface area (Å²) in [6.07, 6.45) is 1.10. The number of carbonyl (C=O) groups excluding carboxylic acids is 1. The van der Waals surface area contributed by atoms with E-state index < -0.39 is 23.8 Å². The fourth-order valence-electron chi connectivity index (χ4n) is 1.59. The van der Waals surface area contributed by atoms with Gasteiger partial charge in [0.05, 0.1) is 11.8 Å². The molecule has 5 heteroatoms. The highest BCUT2D eigenvalue weighted by Gasteiger charge is 2.23. The molecule has 0 saturated heterocycles. The van der Waals surface area contributed by atoms with Gasteiger partial charge in [-0.05, 0) is 26.2 Å². The molecule has 0 radical (unpaired) electrons. The lowest BCUT2D eigenvalue weighted by molar-refractivity contribution is -0.143. The smallest absolute Gasteiger partial charge is 0.306 e. The number of ketones is 1. The quantitative estimate of drug-likeness (QED) is 0.679. The SMILES string of the molecule is CC(=O)C(CCC(C)C(=O)O)CC(C)C(=O)O. The van der Waals surface area contributed by atoms with Gasteiger partial charge in [0.1, 0.15) is 5.78 Å². The minimum atomic E-state index is -0.928. The van der Waals surface area contributed by atoms with E-state index in [9.17, 15) is 14.4 Å². The van der Waals surface area contributed by atoms with Crippen LogP contribution < -0.4 is 0 Å². The van der Waals surface area contributed by atoms with E-state index in [0.29, 0.717) is 12.8 Å². The zero-order valence-corrected chi connectivity index (χ0v) is 10.5. The number of hydrogen-bond acceptors (Lipinski definition) is 3. The second kappa shape index (κ2) is 7.04. The van der Waals surface area contributed by atoms with Crippen LogP contribution in [-0.4, -0.2) is 27.9 Å². The summed E-state index contributed by atoms with van der Waals surface area (Å²) in [6, 6.07) is 0. The van der Waals surface area contributed by atoms with Gasteiger partial charge in [-0.1, -0.05) is 13.8 Å². The van der Waals surface area contributed by atoms with Crippen LogP contribution in [0, 0.1) is 17.8 Å². The zero-order valence-electron chi connectivity index (χ0n) is 10.5. The Morgan fingerprint density at radius 2 is 1.41 bits per heavy atom. The highest BCUT2D eigenvalue weighted by atomic mass is 16.4. The highest BCUT2D eigenvalue weighted by molar-refractivity contribution is 5.79. The monoisotopic (exact) mass is 244 g/mol. The number of rotatable bonds is 8. The third-order valence-corrected chi connectivity index (χ3v) is 3.00. The average Bonchev–Trinajstić information content (AvgIpc) is 2.22. The lowest BCUT2D eigenvalue weighted by atomic mass is 9.87. The van der Waals surface area contributed by atoms with Gasteiger partial charge in [0.2, 0.25) is 0 Å². The minimum absolute atomic E-state index is 0.0734. The van der Waals surface area contributed by atoms with Crippen LogP contribution in [0.5, 0.6) is 0 Å². The Labute approximate surface area is 101 Å². The fourth-order valence-corrected chi connectivity index (χ4v) is 1.59. The zero-order chi connectivity index (χ0) is 13.6. The van der Waals surface area contributed by atoms with Gasteiger partial charge in [-0.3, -0.25) is 14.4 Å². The van der Waals surface area contributed by atoms with Gasteiger partial charge in [-0.15, -0.1) is 0 Å². The molecule has 0 aromatic rings. The van der Waals surface area contributed by atoms with E-state index in [2.05, 4.69) is 0 Å². The molecule has 3 atom stereocenters. The summed E-state index contributed by atoms with van der Waals surface area (Å²) in [5, 5.41) is 17.5. The van der Waals surface area contributed by atoms with E-state index >= 15 is 0 Å². The van der Waals surface area contributed by atoms with Crippen LogP contribution in [0.15, 0.2) is 0 Å². The predicted molar refractivity (Wildman–Crippen MR) is 61.6 cm³/mol. The van der Waals surface area contributed by atoms with Crippen LogP contribution in [-0.2, 0) is 14.4 Å². The lowest BCUT2D eigenvalue weighted by Crippen LogP contribution is -2.21. The first-order chi connectivity index (χ1) is 7.75. The summed E-state index contributed by atoms with van der Waals surface area (Å²) in [7, 11) is 0. The van der Waals surface area contributed by atoms with Crippen molar-refractivity contribution in [2.75, 3.05) is 0 Å². The number of aliphatic carboxylic acids is 2. The standard InChI is InChI=1S/C12H20O5/c1-7(11(14)15)4-5-10(9(3)13)6-8(2)12(16)17/h7-8,10H,4-6H2,1-3H3,(H,14,15)(H,16,17). The van der Waals surface area contributed by atoms with Crippen LogP contribution in [0.4, 0.5) is 0 Å². The minimum Gasteiger partial charge on any atom is -0.481 e. The van der Waals surface area contributed by atoms with Crippen molar-refractivity contribution in [2.24, 2.45) is 17.8 Å². The molecule has 2 N–H and O–H groups in total. The maximum Gasteiger partial charge on any atom is 0.306 e. The number of hydrogen-bond donors (Lipinski definition) is 2. The Bertz CT molecular complexity index is 297. The first-order valence-electron chi connectivity index (χ1n) is 5.71. The Morgan fingerprint density at radius 3 is 1.76 bits per heavy atom. The Hall–Kier alpha value is -1.39. The molecule has 5 nitrogen and oxygen atoms in total. The maximum absolute atomic E-state index is 11.3. The first kappa shape index (κ1) is 15.6. The Morgan fingerprint density at radius 1 is 0.941 bits per heavy atom. The molecule has 0 amide bonds. The molecule has 17 heavy (non-hydrogen) atoms. The van der Waals surface area contributed by atoms with Gasteiger partial charge in [-0.2, -0.15) is 0 Å². The summed E-state index contributed by atoms with van der Waals surface area (Å²) in [5.41, 5.74) is 0. The third kappa shape index (κ3) is 6.04. The van der Waals surface area contributed by atoms with Crippen LogP contribution in [0.3, 0.4) is 0 Å². The van der Waals surface area contributed by atoms with Crippen LogP contribution in [0.25, 0.3) is 0 Å². The maximum atomic E-state index is 11.3. The number of carboxylic acids is 2. The van der Waals surface area contributed by atoms with Crippen LogP contribution in [0.1, 0.15) is 40.0 Å². The Balaban J connectivity index is 4.31. The van der Waals surface area contributed by atoms with E-state index in [1.165, 1.54) is 6.92 Å². The summed E-state index contributed by atoms with van der Waals surface area (Å²) >= 11 is 0. The molecule has 0 rings (SSSR count). The molecule has 98 valence electrons. The number of Topliss-reactive ketones (excluding diaryl/α,β-unsaturated/α-hetero) is 1. The molecule has 0 saturated carbocycles. The van der Waals surface area contributed by atoms with Gasteiger partial charge < -0.3 is 10.2 Å². The molecular formula is C12H20O5. The summed E-state index contributed by atoms with van der Waals surface area (Å²) < 4.78 is 0. The van der Waals surface area contributed by atoms with E-state index in [4.69, 9.17) is 10.2 Å². The van der Waals surface area contributed by atoms with Crippen LogP contribution >= 0.6 is 0 Å². The van der Waals surface area contributed by atoms with Gasteiger partial charge in [0, 0.05) is 5.92 Å². The molecule has 0 aromatic carbocycles.